The molecule has 0 saturated heterocycles. The molecule has 0 saturated carbocycles. The number of carbonyl (C=O) groups is 2. The van der Waals surface area contributed by atoms with Crippen molar-refractivity contribution in [1.82, 2.24) is 0 Å². The molecule has 1 atom stereocenters. The molecule has 0 N–H and O–H groups in total. The van der Waals surface area contributed by atoms with E-state index >= 15 is 0 Å². The molecule has 3 rings (SSSR count). The maximum atomic E-state index is 13.1. The van der Waals surface area contributed by atoms with Crippen molar-refractivity contribution in [2.24, 2.45) is 0 Å². The van der Waals surface area contributed by atoms with E-state index in [-0.39, 0.29) is 17.9 Å². The zero-order valence-electron chi connectivity index (χ0n) is 14.0. The molecule has 0 aliphatic carbocycles. The predicted octanol–water partition coefficient (Wildman–Crippen LogP) is 3.10. The van der Waals surface area contributed by atoms with Gasteiger partial charge >= 0.3 is 0 Å². The maximum Gasteiger partial charge on any atom is 0.262 e. The molecule has 124 valence electrons. The van der Waals surface area contributed by atoms with Gasteiger partial charge in [0.25, 0.3) is 5.91 Å². The van der Waals surface area contributed by atoms with Crippen LogP contribution in [0.4, 0.5) is 11.4 Å². The number of fused-ring (bicyclic) bond motifs is 1. The number of hydrogen-bond donors (Lipinski definition) is 0. The molecule has 0 aromatic heterocycles. The number of carbonyl (C=O) groups excluding carboxylic acids is 2. The van der Waals surface area contributed by atoms with Crippen molar-refractivity contribution in [3.05, 3.63) is 54.1 Å². The second-order valence-corrected chi connectivity index (χ2v) is 5.84. The lowest BCUT2D eigenvalue weighted by molar-refractivity contribution is -0.117. The Morgan fingerprint density at radius 1 is 1.04 bits per heavy atom. The molecule has 5 heteroatoms. The van der Waals surface area contributed by atoms with E-state index in [0.717, 1.165) is 11.4 Å². The van der Waals surface area contributed by atoms with E-state index in [0.29, 0.717) is 17.9 Å². The molecule has 1 unspecified atom stereocenters. The van der Waals surface area contributed by atoms with Crippen LogP contribution in [-0.2, 0) is 4.79 Å². The second kappa shape index (κ2) is 6.35. The lowest BCUT2D eigenvalue weighted by Crippen LogP contribution is -2.51. The molecule has 0 spiro atoms. The highest BCUT2D eigenvalue weighted by atomic mass is 16.5. The van der Waals surface area contributed by atoms with Crippen LogP contribution in [0.5, 0.6) is 5.75 Å². The number of methoxy groups -OCH3 is 1. The van der Waals surface area contributed by atoms with Crippen molar-refractivity contribution in [3.63, 3.8) is 0 Å². The summed E-state index contributed by atoms with van der Waals surface area (Å²) in [5.41, 5.74) is 2.01. The van der Waals surface area contributed by atoms with Crippen molar-refractivity contribution in [2.75, 3.05) is 23.5 Å². The summed E-state index contributed by atoms with van der Waals surface area (Å²) < 4.78 is 5.32. The van der Waals surface area contributed by atoms with Gasteiger partial charge in [-0.25, -0.2) is 0 Å². The summed E-state index contributed by atoms with van der Waals surface area (Å²) in [6, 6.07) is 14.6. The van der Waals surface area contributed by atoms with Crippen LogP contribution in [0, 0.1) is 0 Å². The lowest BCUT2D eigenvalue weighted by atomic mass is 10.1. The first kappa shape index (κ1) is 16.1. The summed E-state index contributed by atoms with van der Waals surface area (Å²) in [4.78, 5) is 28.6. The Morgan fingerprint density at radius 3 is 2.33 bits per heavy atom. The predicted molar refractivity (Wildman–Crippen MR) is 93.7 cm³/mol. The largest absolute Gasteiger partial charge is 0.496 e. The number of amides is 2. The molecule has 5 nitrogen and oxygen atoms in total. The highest BCUT2D eigenvalue weighted by Crippen LogP contribution is 2.37. The van der Waals surface area contributed by atoms with Crippen molar-refractivity contribution >= 4 is 23.2 Å². The van der Waals surface area contributed by atoms with Crippen LogP contribution < -0.4 is 14.5 Å². The van der Waals surface area contributed by atoms with Crippen molar-refractivity contribution in [2.45, 2.75) is 19.9 Å². The fraction of sp³-hybridized carbons (Fsp3) is 0.263. The van der Waals surface area contributed by atoms with Gasteiger partial charge in [-0.05, 0) is 31.2 Å². The van der Waals surface area contributed by atoms with Gasteiger partial charge in [0, 0.05) is 13.5 Å². The van der Waals surface area contributed by atoms with E-state index in [2.05, 4.69) is 0 Å². The van der Waals surface area contributed by atoms with Crippen LogP contribution in [0.1, 0.15) is 24.2 Å². The summed E-state index contributed by atoms with van der Waals surface area (Å²) >= 11 is 0. The molecule has 1 aliphatic heterocycles. The molecule has 2 aromatic carbocycles. The van der Waals surface area contributed by atoms with Crippen LogP contribution in [0.2, 0.25) is 0 Å². The third kappa shape index (κ3) is 2.62. The van der Waals surface area contributed by atoms with Gasteiger partial charge in [-0.1, -0.05) is 24.3 Å². The van der Waals surface area contributed by atoms with Crippen LogP contribution in [-0.4, -0.2) is 31.5 Å². The van der Waals surface area contributed by atoms with Crippen LogP contribution in [0.25, 0.3) is 0 Å². The molecule has 0 bridgehead atoms. The molecule has 24 heavy (non-hydrogen) atoms. The average Bonchev–Trinajstić information content (AvgIpc) is 2.59. The summed E-state index contributed by atoms with van der Waals surface area (Å²) in [7, 11) is 1.55. The minimum Gasteiger partial charge on any atom is -0.496 e. The Hall–Kier alpha value is -2.82. The first-order valence-electron chi connectivity index (χ1n) is 7.88. The molecular formula is C19H20N2O3. The molecule has 2 amide bonds. The van der Waals surface area contributed by atoms with Crippen LogP contribution in [0.15, 0.2) is 48.5 Å². The normalized spacial score (nSPS) is 16.5. The highest BCUT2D eigenvalue weighted by molar-refractivity contribution is 6.11. The fourth-order valence-corrected chi connectivity index (χ4v) is 3.22. The van der Waals surface area contributed by atoms with E-state index < -0.39 is 0 Å². The standard InChI is InChI=1S/C19H20N2O3/c1-13-12-20(19(23)15-8-4-7-11-18(15)24-3)16-9-5-6-10-17(16)21(13)14(2)22/h4-11,13H,12H2,1-3H3. The highest BCUT2D eigenvalue weighted by Gasteiger charge is 2.34. The molecule has 0 radical (unpaired) electrons. The first-order chi connectivity index (χ1) is 11.5. The minimum absolute atomic E-state index is 0.0284. The van der Waals surface area contributed by atoms with E-state index in [4.69, 9.17) is 4.74 Å². The zero-order valence-corrected chi connectivity index (χ0v) is 14.0. The third-order valence-corrected chi connectivity index (χ3v) is 4.24. The Bertz CT molecular complexity index is 788. The first-order valence-corrected chi connectivity index (χ1v) is 7.88. The van der Waals surface area contributed by atoms with Crippen molar-refractivity contribution in [3.8, 4) is 5.75 Å². The fourth-order valence-electron chi connectivity index (χ4n) is 3.22. The average molecular weight is 324 g/mol. The van der Waals surface area contributed by atoms with E-state index in [1.807, 2.05) is 43.3 Å². The van der Waals surface area contributed by atoms with Gasteiger partial charge in [0.15, 0.2) is 0 Å². The number of para-hydroxylation sites is 3. The summed E-state index contributed by atoms with van der Waals surface area (Å²) in [5.74, 6) is 0.385. The summed E-state index contributed by atoms with van der Waals surface area (Å²) in [6.07, 6.45) is 0. The summed E-state index contributed by atoms with van der Waals surface area (Å²) in [6.45, 7) is 3.93. The molecular weight excluding hydrogens is 304 g/mol. The van der Waals surface area contributed by atoms with E-state index in [1.165, 1.54) is 0 Å². The van der Waals surface area contributed by atoms with Gasteiger partial charge in [0.1, 0.15) is 5.75 Å². The monoisotopic (exact) mass is 324 g/mol. The Kier molecular flexibility index (Phi) is 4.25. The topological polar surface area (TPSA) is 49.9 Å². The van der Waals surface area contributed by atoms with Crippen LogP contribution >= 0.6 is 0 Å². The van der Waals surface area contributed by atoms with Crippen molar-refractivity contribution in [1.29, 1.82) is 0 Å². The van der Waals surface area contributed by atoms with Gasteiger partial charge < -0.3 is 14.5 Å². The second-order valence-electron chi connectivity index (χ2n) is 5.84. The third-order valence-electron chi connectivity index (χ3n) is 4.24. The van der Waals surface area contributed by atoms with Crippen molar-refractivity contribution < 1.29 is 14.3 Å². The molecule has 2 aromatic rings. The van der Waals surface area contributed by atoms with Gasteiger partial charge in [-0.3, -0.25) is 9.59 Å². The van der Waals surface area contributed by atoms with Gasteiger partial charge in [-0.15, -0.1) is 0 Å². The molecule has 1 aliphatic rings. The lowest BCUT2D eigenvalue weighted by Gasteiger charge is -2.40. The zero-order chi connectivity index (χ0) is 17.3. The quantitative estimate of drug-likeness (QED) is 0.853. The molecule has 1 heterocycles. The molecule has 0 fully saturated rings. The summed E-state index contributed by atoms with van der Waals surface area (Å²) in [5, 5.41) is 0. The SMILES string of the molecule is COc1ccccc1C(=O)N1CC(C)N(C(C)=O)c2ccccc21. The van der Waals surface area contributed by atoms with Gasteiger partial charge in [0.2, 0.25) is 5.91 Å². The smallest absolute Gasteiger partial charge is 0.262 e. The van der Waals surface area contributed by atoms with Gasteiger partial charge in [-0.2, -0.15) is 0 Å². The van der Waals surface area contributed by atoms with E-state index in [1.54, 1.807) is 36.0 Å². The number of hydrogen-bond acceptors (Lipinski definition) is 3. The number of anilines is 2. The van der Waals surface area contributed by atoms with E-state index in [9.17, 15) is 9.59 Å². The Labute approximate surface area is 141 Å². The Balaban J connectivity index is 2.07. The minimum atomic E-state index is -0.130. The maximum absolute atomic E-state index is 13.1. The number of ether oxygens (including phenoxy) is 1. The number of nitrogens with zero attached hydrogens (tertiary/aromatic N) is 2. The number of benzene rings is 2. The Morgan fingerprint density at radius 2 is 1.67 bits per heavy atom. The number of rotatable bonds is 2. The van der Waals surface area contributed by atoms with Gasteiger partial charge in [0.05, 0.1) is 30.1 Å². The van der Waals surface area contributed by atoms with Crippen LogP contribution in [0.3, 0.4) is 0 Å².